The van der Waals surface area contributed by atoms with Gasteiger partial charge in [0.1, 0.15) is 5.69 Å². The van der Waals surface area contributed by atoms with Gasteiger partial charge in [-0.1, -0.05) is 24.3 Å². The Labute approximate surface area is 145 Å². The van der Waals surface area contributed by atoms with Gasteiger partial charge >= 0.3 is 0 Å². The summed E-state index contributed by atoms with van der Waals surface area (Å²) in [5, 5.41) is 11.6. The van der Waals surface area contributed by atoms with Crippen LogP contribution in [0.2, 0.25) is 0 Å². The highest BCUT2D eigenvalue weighted by atomic mass is 16.2. The molecule has 3 heterocycles. The second-order valence-corrected chi connectivity index (χ2v) is 6.28. The average Bonchev–Trinajstić information content (AvgIpc) is 3.02. The van der Waals surface area contributed by atoms with Gasteiger partial charge in [-0.25, -0.2) is 9.67 Å². The van der Waals surface area contributed by atoms with Crippen molar-refractivity contribution in [2.24, 2.45) is 7.05 Å². The molecule has 2 N–H and O–H groups in total. The summed E-state index contributed by atoms with van der Waals surface area (Å²) in [6.45, 7) is 1.96. The van der Waals surface area contributed by atoms with Gasteiger partial charge in [-0.2, -0.15) is 10.1 Å². The van der Waals surface area contributed by atoms with E-state index in [0.717, 1.165) is 42.7 Å². The van der Waals surface area contributed by atoms with Gasteiger partial charge in [-0.3, -0.25) is 10.1 Å². The molecule has 1 aliphatic rings. The van der Waals surface area contributed by atoms with Crippen LogP contribution >= 0.6 is 0 Å². The molecule has 4 rings (SSSR count). The van der Waals surface area contributed by atoms with Crippen LogP contribution < -0.4 is 10.6 Å². The van der Waals surface area contributed by atoms with Crippen LogP contribution in [-0.2, 0) is 7.05 Å². The van der Waals surface area contributed by atoms with Crippen molar-refractivity contribution in [1.29, 1.82) is 0 Å². The third-order valence-corrected chi connectivity index (χ3v) is 4.54. The lowest BCUT2D eigenvalue weighted by molar-refractivity contribution is 0.102. The van der Waals surface area contributed by atoms with Crippen LogP contribution in [0.1, 0.15) is 35.1 Å². The van der Waals surface area contributed by atoms with Crippen molar-refractivity contribution in [3.63, 3.8) is 0 Å². The maximum atomic E-state index is 12.5. The highest BCUT2D eigenvalue weighted by Crippen LogP contribution is 2.23. The molecular weight excluding hydrogens is 316 g/mol. The minimum Gasteiger partial charge on any atom is -0.317 e. The van der Waals surface area contributed by atoms with E-state index in [9.17, 15) is 4.79 Å². The molecule has 1 saturated heterocycles. The van der Waals surface area contributed by atoms with E-state index < -0.39 is 0 Å². The molecule has 1 aromatic carbocycles. The molecule has 0 atom stereocenters. The summed E-state index contributed by atoms with van der Waals surface area (Å²) < 4.78 is 1.62. The molecule has 1 aliphatic heterocycles. The zero-order chi connectivity index (χ0) is 17.2. The van der Waals surface area contributed by atoms with Crippen molar-refractivity contribution in [2.45, 2.75) is 18.8 Å². The van der Waals surface area contributed by atoms with Crippen molar-refractivity contribution in [2.75, 3.05) is 18.4 Å². The number of amides is 1. The summed E-state index contributed by atoms with van der Waals surface area (Å²) in [5.74, 6) is 1.31. The molecule has 2 aromatic heterocycles. The Kier molecular flexibility index (Phi) is 4.15. The van der Waals surface area contributed by atoms with Crippen LogP contribution in [0.15, 0.2) is 36.4 Å². The van der Waals surface area contributed by atoms with Crippen molar-refractivity contribution >= 4 is 22.8 Å². The number of carbonyl (C=O) groups excluding carboxylic acids is 1. The van der Waals surface area contributed by atoms with E-state index >= 15 is 0 Å². The Balaban J connectivity index is 1.54. The van der Waals surface area contributed by atoms with E-state index in [-0.39, 0.29) is 5.91 Å². The van der Waals surface area contributed by atoms with Gasteiger partial charge in [-0.05, 0) is 38.1 Å². The van der Waals surface area contributed by atoms with Crippen LogP contribution in [0.3, 0.4) is 0 Å². The molecule has 7 heteroatoms. The molecule has 7 nitrogen and oxygen atoms in total. The standard InChI is InChI=1S/C18H20N6O/c1-24-18(21-16(23-24)13-8-10-19-11-9-13)22-17(25)15-7-6-12-4-2-3-5-14(12)20-15/h2-7,13,19H,8-11H2,1H3,(H,21,22,23,25). The maximum Gasteiger partial charge on any atom is 0.276 e. The predicted molar refractivity (Wildman–Crippen MR) is 95.5 cm³/mol. The summed E-state index contributed by atoms with van der Waals surface area (Å²) in [7, 11) is 1.79. The quantitative estimate of drug-likeness (QED) is 0.765. The van der Waals surface area contributed by atoms with Crippen molar-refractivity contribution in [1.82, 2.24) is 25.1 Å². The zero-order valence-electron chi connectivity index (χ0n) is 14.1. The van der Waals surface area contributed by atoms with Crippen LogP contribution in [0.4, 0.5) is 5.95 Å². The Morgan fingerprint density at radius 3 is 2.80 bits per heavy atom. The van der Waals surface area contributed by atoms with Crippen LogP contribution in [0.5, 0.6) is 0 Å². The Morgan fingerprint density at radius 2 is 1.96 bits per heavy atom. The minimum absolute atomic E-state index is 0.280. The molecule has 0 radical (unpaired) electrons. The first kappa shape index (κ1) is 15.7. The van der Waals surface area contributed by atoms with E-state index in [0.29, 0.717) is 17.6 Å². The largest absolute Gasteiger partial charge is 0.317 e. The topological polar surface area (TPSA) is 84.7 Å². The monoisotopic (exact) mass is 336 g/mol. The highest BCUT2D eigenvalue weighted by Gasteiger charge is 2.21. The van der Waals surface area contributed by atoms with Gasteiger partial charge in [0, 0.05) is 18.4 Å². The molecule has 0 saturated carbocycles. The molecule has 25 heavy (non-hydrogen) atoms. The summed E-state index contributed by atoms with van der Waals surface area (Å²) in [5.41, 5.74) is 1.16. The van der Waals surface area contributed by atoms with Crippen LogP contribution in [-0.4, -0.2) is 38.7 Å². The predicted octanol–water partition coefficient (Wildman–Crippen LogP) is 2.08. The van der Waals surface area contributed by atoms with Gasteiger partial charge in [0.15, 0.2) is 5.82 Å². The van der Waals surface area contributed by atoms with E-state index in [2.05, 4.69) is 25.7 Å². The number of aromatic nitrogens is 4. The molecule has 0 bridgehead atoms. The number of rotatable bonds is 3. The van der Waals surface area contributed by atoms with E-state index in [1.165, 1.54) is 0 Å². The first-order valence-electron chi connectivity index (χ1n) is 8.49. The summed E-state index contributed by atoms with van der Waals surface area (Å²) in [4.78, 5) is 21.5. The number of hydrogen-bond donors (Lipinski definition) is 2. The first-order valence-corrected chi connectivity index (χ1v) is 8.49. The first-order chi connectivity index (χ1) is 12.2. The second-order valence-electron chi connectivity index (χ2n) is 6.28. The maximum absolute atomic E-state index is 12.5. The molecule has 0 unspecified atom stereocenters. The van der Waals surface area contributed by atoms with Crippen molar-refractivity contribution in [3.8, 4) is 0 Å². The third kappa shape index (κ3) is 3.23. The zero-order valence-corrected chi connectivity index (χ0v) is 14.1. The van der Waals surface area contributed by atoms with E-state index in [4.69, 9.17) is 0 Å². The lowest BCUT2D eigenvalue weighted by Crippen LogP contribution is -2.27. The molecule has 1 amide bonds. The number of piperidine rings is 1. The Morgan fingerprint density at radius 1 is 1.16 bits per heavy atom. The molecule has 128 valence electrons. The molecular formula is C18H20N6O. The number of nitrogens with zero attached hydrogens (tertiary/aromatic N) is 4. The minimum atomic E-state index is -0.280. The number of para-hydroxylation sites is 1. The number of pyridine rings is 1. The molecule has 0 spiro atoms. The normalized spacial score (nSPS) is 15.4. The van der Waals surface area contributed by atoms with Crippen molar-refractivity contribution < 1.29 is 4.79 Å². The number of carbonyl (C=O) groups is 1. The van der Waals surface area contributed by atoms with E-state index in [1.807, 2.05) is 30.3 Å². The number of hydrogen-bond acceptors (Lipinski definition) is 5. The molecule has 3 aromatic rings. The number of aryl methyl sites for hydroxylation is 1. The number of nitrogens with one attached hydrogen (secondary N) is 2. The molecule has 0 aliphatic carbocycles. The van der Waals surface area contributed by atoms with Crippen LogP contribution in [0, 0.1) is 0 Å². The highest BCUT2D eigenvalue weighted by molar-refractivity contribution is 6.03. The Bertz CT molecular complexity index is 913. The summed E-state index contributed by atoms with van der Waals surface area (Å²) in [6.07, 6.45) is 2.03. The molecule has 1 fully saturated rings. The Hall–Kier alpha value is -2.80. The lowest BCUT2D eigenvalue weighted by atomic mass is 9.98. The third-order valence-electron chi connectivity index (χ3n) is 4.54. The van der Waals surface area contributed by atoms with Gasteiger partial charge in [0.25, 0.3) is 5.91 Å². The smallest absolute Gasteiger partial charge is 0.276 e. The van der Waals surface area contributed by atoms with Gasteiger partial charge in [0.05, 0.1) is 5.52 Å². The van der Waals surface area contributed by atoms with E-state index in [1.54, 1.807) is 17.8 Å². The van der Waals surface area contributed by atoms with Gasteiger partial charge < -0.3 is 5.32 Å². The summed E-state index contributed by atoms with van der Waals surface area (Å²) in [6, 6.07) is 11.3. The summed E-state index contributed by atoms with van der Waals surface area (Å²) >= 11 is 0. The number of fused-ring (bicyclic) bond motifs is 1. The fourth-order valence-corrected chi connectivity index (χ4v) is 3.12. The average molecular weight is 336 g/mol. The van der Waals surface area contributed by atoms with Gasteiger partial charge in [0.2, 0.25) is 5.95 Å². The SMILES string of the molecule is Cn1nc(C2CCNCC2)nc1NC(=O)c1ccc2ccccc2n1. The fraction of sp³-hybridized carbons (Fsp3) is 0.333. The second kappa shape index (κ2) is 6.60. The fourth-order valence-electron chi connectivity index (χ4n) is 3.12. The van der Waals surface area contributed by atoms with Crippen LogP contribution in [0.25, 0.3) is 10.9 Å². The number of anilines is 1. The van der Waals surface area contributed by atoms with Gasteiger partial charge in [-0.15, -0.1) is 0 Å². The number of benzene rings is 1. The lowest BCUT2D eigenvalue weighted by Gasteiger charge is -2.19. The van der Waals surface area contributed by atoms with Crippen molar-refractivity contribution in [3.05, 3.63) is 47.9 Å².